The van der Waals surface area contributed by atoms with Gasteiger partial charge in [-0.2, -0.15) is 0 Å². The average Bonchev–Trinajstić information content (AvgIpc) is 3.49. The Balaban J connectivity index is 1.64. The molecule has 1 saturated carbocycles. The lowest BCUT2D eigenvalue weighted by Gasteiger charge is -2.13. The molecule has 0 amide bonds. The summed E-state index contributed by atoms with van der Waals surface area (Å²) < 4.78 is 39.8. The number of benzene rings is 1. The Morgan fingerprint density at radius 2 is 1.89 bits per heavy atom. The Labute approximate surface area is 162 Å². The van der Waals surface area contributed by atoms with Gasteiger partial charge in [0.15, 0.2) is 17.4 Å². The molecule has 1 aromatic carbocycles. The van der Waals surface area contributed by atoms with Gasteiger partial charge in [-0.1, -0.05) is 0 Å². The number of rotatable bonds is 11. The zero-order chi connectivity index (χ0) is 19.9. The Bertz CT molecular complexity index is 801. The zero-order valence-corrected chi connectivity index (χ0v) is 15.5. The molecule has 5 nitrogen and oxygen atoms in total. The third-order valence-electron chi connectivity index (χ3n) is 4.51. The van der Waals surface area contributed by atoms with E-state index in [0.717, 1.165) is 12.8 Å². The number of hydrogen-bond donors (Lipinski definition) is 1. The van der Waals surface area contributed by atoms with Crippen molar-refractivity contribution in [3.63, 3.8) is 0 Å². The van der Waals surface area contributed by atoms with Gasteiger partial charge in [-0.3, -0.25) is 4.79 Å². The van der Waals surface area contributed by atoms with Crippen LogP contribution in [0.2, 0.25) is 0 Å². The molecule has 1 heterocycles. The largest absolute Gasteiger partial charge is 0.488 e. The molecule has 28 heavy (non-hydrogen) atoms. The first-order chi connectivity index (χ1) is 13.5. The molecule has 1 N–H and O–H groups in total. The van der Waals surface area contributed by atoms with Crippen molar-refractivity contribution in [2.24, 2.45) is 5.92 Å². The normalized spacial score (nSPS) is 13.4. The summed E-state index contributed by atoms with van der Waals surface area (Å²) in [6.07, 6.45) is 5.57. The zero-order valence-electron chi connectivity index (χ0n) is 15.5. The quantitative estimate of drug-likeness (QED) is 0.555. The van der Waals surface area contributed by atoms with Crippen LogP contribution >= 0.6 is 0 Å². The number of hydrogen-bond acceptors (Lipinski definition) is 4. The molecule has 0 aliphatic heterocycles. The summed E-state index contributed by atoms with van der Waals surface area (Å²) in [5, 5.41) is 8.58. The van der Waals surface area contributed by atoms with E-state index in [1.807, 2.05) is 0 Å². The van der Waals surface area contributed by atoms with Crippen LogP contribution in [-0.2, 0) is 4.79 Å². The molecular weight excluding hydrogens is 368 g/mol. The van der Waals surface area contributed by atoms with Crippen molar-refractivity contribution < 1.29 is 28.2 Å². The highest BCUT2D eigenvalue weighted by molar-refractivity contribution is 5.69. The molecule has 1 aliphatic carbocycles. The third kappa shape index (κ3) is 5.65. The van der Waals surface area contributed by atoms with E-state index >= 15 is 0 Å². The molecule has 1 aliphatic rings. The van der Waals surface area contributed by atoms with E-state index in [-0.39, 0.29) is 13.0 Å². The van der Waals surface area contributed by atoms with Crippen molar-refractivity contribution in [3.8, 4) is 22.8 Å². The number of unbranched alkanes of at least 4 members (excludes halogenated alkanes) is 2. The van der Waals surface area contributed by atoms with Gasteiger partial charge >= 0.3 is 5.97 Å². The highest BCUT2D eigenvalue weighted by Crippen LogP contribution is 2.35. The Morgan fingerprint density at radius 1 is 1.14 bits per heavy atom. The summed E-state index contributed by atoms with van der Waals surface area (Å²) in [6.45, 7) is 0.674. The number of ether oxygens (including phenoxy) is 2. The van der Waals surface area contributed by atoms with E-state index in [4.69, 9.17) is 14.6 Å². The molecule has 0 saturated heterocycles. The van der Waals surface area contributed by atoms with E-state index in [9.17, 15) is 13.6 Å². The van der Waals surface area contributed by atoms with Gasteiger partial charge in [0.2, 0.25) is 5.88 Å². The monoisotopic (exact) mass is 391 g/mol. The smallest absolute Gasteiger partial charge is 0.303 e. The summed E-state index contributed by atoms with van der Waals surface area (Å²) >= 11 is 0. The number of nitrogens with zero attached hydrogens (tertiary/aromatic N) is 1. The molecule has 3 rings (SSSR count). The lowest BCUT2D eigenvalue weighted by atomic mass is 10.1. The van der Waals surface area contributed by atoms with Crippen molar-refractivity contribution in [2.45, 2.75) is 38.5 Å². The minimum Gasteiger partial charge on any atom is -0.488 e. The second kappa shape index (κ2) is 9.48. The first-order valence-corrected chi connectivity index (χ1v) is 9.46. The van der Waals surface area contributed by atoms with Gasteiger partial charge in [-0.05, 0) is 67.9 Å². The molecule has 0 atom stereocenters. The minimum atomic E-state index is -0.857. The minimum absolute atomic E-state index is 0.0771. The maximum absolute atomic E-state index is 14.4. The lowest BCUT2D eigenvalue weighted by molar-refractivity contribution is -0.137. The van der Waals surface area contributed by atoms with Gasteiger partial charge in [0.1, 0.15) is 0 Å². The van der Waals surface area contributed by atoms with Gasteiger partial charge in [-0.25, -0.2) is 13.8 Å². The fraction of sp³-hybridized carbons (Fsp3) is 0.429. The molecule has 1 aromatic heterocycles. The van der Waals surface area contributed by atoms with Crippen LogP contribution in [-0.4, -0.2) is 29.3 Å². The van der Waals surface area contributed by atoms with Gasteiger partial charge in [0.25, 0.3) is 0 Å². The van der Waals surface area contributed by atoms with Crippen LogP contribution in [0.15, 0.2) is 30.5 Å². The van der Waals surface area contributed by atoms with E-state index in [2.05, 4.69) is 4.98 Å². The van der Waals surface area contributed by atoms with Crippen LogP contribution in [0.3, 0.4) is 0 Å². The molecule has 0 radical (unpaired) electrons. The van der Waals surface area contributed by atoms with Crippen molar-refractivity contribution in [2.75, 3.05) is 13.2 Å². The lowest BCUT2D eigenvalue weighted by Crippen LogP contribution is -2.04. The fourth-order valence-electron chi connectivity index (χ4n) is 2.79. The molecule has 1 fully saturated rings. The Hall–Kier alpha value is -2.70. The number of carboxylic acids is 1. The molecule has 2 aromatic rings. The van der Waals surface area contributed by atoms with Crippen LogP contribution in [0.1, 0.15) is 38.5 Å². The van der Waals surface area contributed by atoms with Gasteiger partial charge in [0.05, 0.1) is 13.2 Å². The molecule has 150 valence electrons. The Morgan fingerprint density at radius 3 is 2.57 bits per heavy atom. The van der Waals surface area contributed by atoms with Crippen LogP contribution < -0.4 is 9.47 Å². The van der Waals surface area contributed by atoms with Crippen molar-refractivity contribution in [1.82, 2.24) is 4.98 Å². The number of pyridine rings is 1. The number of halogens is 2. The average molecular weight is 391 g/mol. The first kappa shape index (κ1) is 20.0. The van der Waals surface area contributed by atoms with Gasteiger partial charge < -0.3 is 14.6 Å². The SMILES string of the molecule is O=C(O)CCCCCOc1c(F)cc(-c2cccnc2OCC2CC2)cc1F. The number of aliphatic carboxylic acids is 1. The van der Waals surface area contributed by atoms with Gasteiger partial charge in [-0.15, -0.1) is 0 Å². The molecule has 0 bridgehead atoms. The molecule has 7 heteroatoms. The number of carbonyl (C=O) groups is 1. The third-order valence-corrected chi connectivity index (χ3v) is 4.51. The van der Waals surface area contributed by atoms with E-state index in [0.29, 0.717) is 48.8 Å². The summed E-state index contributed by atoms with van der Waals surface area (Å²) in [5.41, 5.74) is 0.865. The van der Waals surface area contributed by atoms with Gasteiger partial charge in [0, 0.05) is 18.2 Å². The van der Waals surface area contributed by atoms with Crippen molar-refractivity contribution >= 4 is 5.97 Å². The van der Waals surface area contributed by atoms with Crippen LogP contribution in [0, 0.1) is 17.6 Å². The number of aromatic nitrogens is 1. The highest BCUT2D eigenvalue weighted by Gasteiger charge is 2.23. The fourth-order valence-corrected chi connectivity index (χ4v) is 2.79. The molecule has 0 unspecified atom stereocenters. The molecule has 0 spiro atoms. The predicted molar refractivity (Wildman–Crippen MR) is 99.4 cm³/mol. The van der Waals surface area contributed by atoms with Crippen LogP contribution in [0.4, 0.5) is 8.78 Å². The van der Waals surface area contributed by atoms with Crippen LogP contribution in [0.5, 0.6) is 11.6 Å². The van der Waals surface area contributed by atoms with E-state index in [1.165, 1.54) is 12.1 Å². The second-order valence-corrected chi connectivity index (χ2v) is 6.93. The highest BCUT2D eigenvalue weighted by atomic mass is 19.1. The van der Waals surface area contributed by atoms with Crippen molar-refractivity contribution in [1.29, 1.82) is 0 Å². The summed E-state index contributed by atoms with van der Waals surface area (Å²) in [6, 6.07) is 5.83. The molecular formula is C21H23F2NO4. The maximum Gasteiger partial charge on any atom is 0.303 e. The summed E-state index contributed by atoms with van der Waals surface area (Å²) in [4.78, 5) is 14.6. The van der Waals surface area contributed by atoms with Crippen LogP contribution in [0.25, 0.3) is 11.1 Å². The Kier molecular flexibility index (Phi) is 6.79. The first-order valence-electron chi connectivity index (χ1n) is 9.46. The second-order valence-electron chi connectivity index (χ2n) is 6.93. The van der Waals surface area contributed by atoms with E-state index < -0.39 is 23.4 Å². The summed E-state index contributed by atoms with van der Waals surface area (Å²) in [5.74, 6) is -1.97. The summed E-state index contributed by atoms with van der Waals surface area (Å²) in [7, 11) is 0. The topological polar surface area (TPSA) is 68.7 Å². The van der Waals surface area contributed by atoms with Crippen molar-refractivity contribution in [3.05, 3.63) is 42.1 Å². The predicted octanol–water partition coefficient (Wildman–Crippen LogP) is 4.84. The maximum atomic E-state index is 14.4. The standard InChI is InChI=1S/C21H23F2NO4/c22-17-11-15(16-5-4-9-24-21(16)28-13-14-7-8-14)12-18(23)20(17)27-10-3-1-2-6-19(25)26/h4-5,9,11-12,14H,1-3,6-8,10,13H2,(H,25,26). The van der Waals surface area contributed by atoms with E-state index in [1.54, 1.807) is 18.3 Å². The number of carboxylic acid groups (broad SMARTS) is 1.